The quantitative estimate of drug-likeness (QED) is 0.336. The Morgan fingerprint density at radius 2 is 1.62 bits per heavy atom. The third kappa shape index (κ3) is 8.57. The first-order valence-corrected chi connectivity index (χ1v) is 15.1. The molecule has 2 amide bonds. The van der Waals surface area contributed by atoms with Crippen LogP contribution in [0.15, 0.2) is 72.8 Å². The van der Waals surface area contributed by atoms with E-state index in [1.54, 1.807) is 12.1 Å². The molecule has 0 fully saturated rings. The molecule has 0 aliphatic carbocycles. The minimum atomic E-state index is -3.85. The Bertz CT molecular complexity index is 1380. The summed E-state index contributed by atoms with van der Waals surface area (Å²) in [6.07, 6.45) is 2.07. The summed E-state index contributed by atoms with van der Waals surface area (Å²) in [5.41, 5.74) is 3.86. The second-order valence-corrected chi connectivity index (χ2v) is 12.0. The van der Waals surface area contributed by atoms with Crippen molar-refractivity contribution in [1.29, 1.82) is 0 Å². The zero-order valence-corrected chi connectivity index (χ0v) is 24.4. The molecule has 0 saturated carbocycles. The average molecular weight is 570 g/mol. The largest absolute Gasteiger partial charge is 0.354 e. The maximum absolute atomic E-state index is 14.0. The van der Waals surface area contributed by atoms with E-state index >= 15 is 0 Å². The minimum absolute atomic E-state index is 0.141. The van der Waals surface area contributed by atoms with E-state index in [0.717, 1.165) is 39.2 Å². The van der Waals surface area contributed by atoms with Crippen molar-refractivity contribution in [2.75, 3.05) is 23.7 Å². The molecule has 3 rings (SSSR count). The fraction of sp³-hybridized carbons (Fsp3) is 0.333. The van der Waals surface area contributed by atoms with Crippen molar-refractivity contribution in [1.82, 2.24) is 10.2 Å². The third-order valence-corrected chi connectivity index (χ3v) is 7.96. The highest BCUT2D eigenvalue weighted by atomic mass is 35.5. The van der Waals surface area contributed by atoms with Gasteiger partial charge in [-0.15, -0.1) is 0 Å². The summed E-state index contributed by atoms with van der Waals surface area (Å²) >= 11 is 6.29. The average Bonchev–Trinajstić information content (AvgIpc) is 2.90. The van der Waals surface area contributed by atoms with Crippen LogP contribution in [0.4, 0.5) is 5.69 Å². The summed E-state index contributed by atoms with van der Waals surface area (Å²) in [5, 5.41) is 3.32. The number of amides is 2. The summed E-state index contributed by atoms with van der Waals surface area (Å²) < 4.78 is 26.7. The molecule has 0 bridgehead atoms. The van der Waals surface area contributed by atoms with Gasteiger partial charge in [0, 0.05) is 24.5 Å². The summed E-state index contributed by atoms with van der Waals surface area (Å²) in [7, 11) is -3.85. The van der Waals surface area contributed by atoms with Crippen molar-refractivity contribution in [3.05, 3.63) is 100 Å². The molecule has 0 aliphatic rings. The Labute approximate surface area is 236 Å². The lowest BCUT2D eigenvalue weighted by atomic mass is 10.0. The molecular weight excluding hydrogens is 534 g/mol. The van der Waals surface area contributed by atoms with Crippen molar-refractivity contribution in [2.45, 2.75) is 46.2 Å². The number of carbonyl (C=O) groups excluding carboxylic acids is 2. The molecule has 9 heteroatoms. The first kappa shape index (κ1) is 30.2. The van der Waals surface area contributed by atoms with Crippen molar-refractivity contribution in [3.8, 4) is 0 Å². The number of rotatable bonds is 12. The second-order valence-electron chi connectivity index (χ2n) is 9.71. The first-order chi connectivity index (χ1) is 18.5. The number of nitrogens with one attached hydrogen (secondary N) is 1. The Kier molecular flexibility index (Phi) is 10.5. The van der Waals surface area contributed by atoms with Crippen molar-refractivity contribution >= 4 is 39.1 Å². The molecule has 0 aliphatic heterocycles. The second kappa shape index (κ2) is 13.6. The van der Waals surface area contributed by atoms with Crippen LogP contribution in [0.25, 0.3) is 0 Å². The lowest BCUT2D eigenvalue weighted by Gasteiger charge is -2.33. The van der Waals surface area contributed by atoms with Crippen LogP contribution in [0.5, 0.6) is 0 Å². The van der Waals surface area contributed by atoms with E-state index in [1.165, 1.54) is 11.0 Å². The molecule has 0 aromatic heterocycles. The topological polar surface area (TPSA) is 86.8 Å². The SMILES string of the molecule is CCCNC(=O)C(Cc1ccccc1)N(Cc1ccc(C)cc1)C(=O)CN(c1ccc(C)c(Cl)c1)S(C)(=O)=O. The lowest BCUT2D eigenvalue weighted by molar-refractivity contribution is -0.140. The molecule has 1 N–H and O–H groups in total. The highest BCUT2D eigenvalue weighted by Gasteiger charge is 2.33. The van der Waals surface area contributed by atoms with Gasteiger partial charge in [0.05, 0.1) is 11.9 Å². The van der Waals surface area contributed by atoms with E-state index in [9.17, 15) is 18.0 Å². The van der Waals surface area contributed by atoms with Crippen LogP contribution in [0, 0.1) is 13.8 Å². The molecule has 0 spiro atoms. The van der Waals surface area contributed by atoms with Gasteiger partial charge in [-0.2, -0.15) is 0 Å². The fourth-order valence-corrected chi connectivity index (χ4v) is 5.18. The van der Waals surface area contributed by atoms with Gasteiger partial charge in [0.1, 0.15) is 12.6 Å². The van der Waals surface area contributed by atoms with Gasteiger partial charge in [-0.3, -0.25) is 13.9 Å². The highest BCUT2D eigenvalue weighted by Crippen LogP contribution is 2.25. The van der Waals surface area contributed by atoms with Crippen LogP contribution in [0.1, 0.15) is 35.6 Å². The molecule has 3 aromatic carbocycles. The van der Waals surface area contributed by atoms with Crippen molar-refractivity contribution < 1.29 is 18.0 Å². The number of benzene rings is 3. The predicted octanol–water partition coefficient (Wildman–Crippen LogP) is 4.89. The van der Waals surface area contributed by atoms with Gasteiger partial charge in [-0.25, -0.2) is 8.42 Å². The first-order valence-electron chi connectivity index (χ1n) is 12.9. The minimum Gasteiger partial charge on any atom is -0.354 e. The summed E-state index contributed by atoms with van der Waals surface area (Å²) in [5.74, 6) is -0.782. The van der Waals surface area contributed by atoms with E-state index in [1.807, 2.05) is 75.4 Å². The number of hydrogen-bond acceptors (Lipinski definition) is 4. The predicted molar refractivity (Wildman–Crippen MR) is 157 cm³/mol. The van der Waals surface area contributed by atoms with Crippen molar-refractivity contribution in [2.24, 2.45) is 0 Å². The lowest BCUT2D eigenvalue weighted by Crippen LogP contribution is -2.53. The van der Waals surface area contributed by atoms with Gasteiger partial charge in [0.15, 0.2) is 0 Å². The summed E-state index contributed by atoms with van der Waals surface area (Å²) in [4.78, 5) is 29.0. The summed E-state index contributed by atoms with van der Waals surface area (Å²) in [6, 6.07) is 21.2. The van der Waals surface area contributed by atoms with Crippen molar-refractivity contribution in [3.63, 3.8) is 0 Å². The van der Waals surface area contributed by atoms with Crippen LogP contribution >= 0.6 is 11.6 Å². The van der Waals surface area contributed by atoms with Crippen LogP contribution in [0.2, 0.25) is 5.02 Å². The zero-order valence-electron chi connectivity index (χ0n) is 22.9. The molecule has 0 heterocycles. The molecule has 3 aromatic rings. The molecule has 208 valence electrons. The molecule has 0 radical (unpaired) electrons. The van der Waals surface area contributed by atoms with E-state index in [4.69, 9.17) is 11.6 Å². The molecule has 1 atom stereocenters. The maximum Gasteiger partial charge on any atom is 0.244 e. The Hall–Kier alpha value is -3.36. The highest BCUT2D eigenvalue weighted by molar-refractivity contribution is 7.92. The van der Waals surface area contributed by atoms with Gasteiger partial charge in [0.25, 0.3) is 0 Å². The van der Waals surface area contributed by atoms with E-state index < -0.39 is 28.5 Å². The normalized spacial score (nSPS) is 12.0. The maximum atomic E-state index is 14.0. The number of carbonyl (C=O) groups is 2. The third-order valence-electron chi connectivity index (χ3n) is 6.42. The van der Waals surface area contributed by atoms with Crippen LogP contribution < -0.4 is 9.62 Å². The number of aryl methyl sites for hydroxylation is 2. The van der Waals surface area contributed by atoms with E-state index in [2.05, 4.69) is 5.32 Å². The molecule has 1 unspecified atom stereocenters. The Morgan fingerprint density at radius 3 is 2.21 bits per heavy atom. The van der Waals surface area contributed by atoms with E-state index in [0.29, 0.717) is 11.6 Å². The van der Waals surface area contributed by atoms with E-state index in [-0.39, 0.29) is 24.6 Å². The Balaban J connectivity index is 2.04. The smallest absolute Gasteiger partial charge is 0.244 e. The number of nitrogens with zero attached hydrogens (tertiary/aromatic N) is 2. The number of hydrogen-bond donors (Lipinski definition) is 1. The van der Waals surface area contributed by atoms with Crippen LogP contribution in [-0.4, -0.2) is 50.5 Å². The molecule has 0 saturated heterocycles. The monoisotopic (exact) mass is 569 g/mol. The molecule has 39 heavy (non-hydrogen) atoms. The Morgan fingerprint density at radius 1 is 0.949 bits per heavy atom. The molecular formula is C30H36ClN3O4S. The zero-order chi connectivity index (χ0) is 28.6. The fourth-order valence-electron chi connectivity index (χ4n) is 4.16. The number of halogens is 1. The van der Waals surface area contributed by atoms with Crippen LogP contribution in [-0.2, 0) is 32.6 Å². The standard InChI is InChI=1S/C30H36ClN3O4S/c1-5-17-32-30(36)28(18-24-9-7-6-8-10-24)33(20-25-14-11-22(2)12-15-25)29(35)21-34(39(4,37)38)26-16-13-23(3)27(31)19-26/h6-16,19,28H,5,17-18,20-21H2,1-4H3,(H,32,36). The van der Waals surface area contributed by atoms with Gasteiger partial charge in [-0.1, -0.05) is 84.8 Å². The number of sulfonamides is 1. The van der Waals surface area contributed by atoms with Gasteiger partial charge in [-0.05, 0) is 49.1 Å². The number of anilines is 1. The van der Waals surface area contributed by atoms with Crippen LogP contribution in [0.3, 0.4) is 0 Å². The van der Waals surface area contributed by atoms with Gasteiger partial charge >= 0.3 is 0 Å². The molecule has 7 nitrogen and oxygen atoms in total. The van der Waals surface area contributed by atoms with Gasteiger partial charge < -0.3 is 10.2 Å². The van der Waals surface area contributed by atoms with Gasteiger partial charge in [0.2, 0.25) is 21.8 Å². The summed E-state index contributed by atoms with van der Waals surface area (Å²) in [6.45, 7) is 5.87.